The van der Waals surface area contributed by atoms with Crippen molar-refractivity contribution in [1.29, 1.82) is 0 Å². The Morgan fingerprint density at radius 1 is 0.830 bits per heavy atom. The third kappa shape index (κ3) is 10.8. The fraction of sp³-hybridized carbons (Fsp3) is 0.727. The van der Waals surface area contributed by atoms with Crippen LogP contribution in [0.3, 0.4) is 0 Å². The summed E-state index contributed by atoms with van der Waals surface area (Å²) in [5.41, 5.74) is 1.17. The summed E-state index contributed by atoms with van der Waals surface area (Å²) < 4.78 is 32.5. The molecule has 0 spiro atoms. The largest absolute Gasteiger partial charge is 0.476 e. The van der Waals surface area contributed by atoms with E-state index in [0.717, 1.165) is 18.4 Å². The Kier molecular flexibility index (Phi) is 12.9. The molecule has 1 saturated heterocycles. The number of benzene rings is 1. The van der Waals surface area contributed by atoms with Crippen molar-refractivity contribution in [1.82, 2.24) is 0 Å². The number of carbonyl (C=O) groups excluding carboxylic acids is 2. The van der Waals surface area contributed by atoms with E-state index < -0.39 is 28.3 Å². The fourth-order valence-electron chi connectivity index (χ4n) is 7.33. The molecule has 1 fully saturated rings. The highest BCUT2D eigenvalue weighted by Crippen LogP contribution is 2.47. The van der Waals surface area contributed by atoms with Crippen LogP contribution in [0.2, 0.25) is 36.3 Å². The normalized spacial score (nSPS) is 27.4. The Bertz CT molecular complexity index is 1500. The van der Waals surface area contributed by atoms with Crippen LogP contribution >= 0.6 is 0 Å². The molecule has 2 aliphatic carbocycles. The fourth-order valence-corrected chi connectivity index (χ4v) is 9.97. The minimum absolute atomic E-state index is 0.0151. The van der Waals surface area contributed by atoms with Gasteiger partial charge in [-0.05, 0) is 103 Å². The van der Waals surface area contributed by atoms with E-state index in [1.807, 2.05) is 12.1 Å². The van der Waals surface area contributed by atoms with Crippen molar-refractivity contribution in [2.24, 2.45) is 17.8 Å². The molecule has 7 atom stereocenters. The van der Waals surface area contributed by atoms with Gasteiger partial charge in [0.05, 0.1) is 18.6 Å². The minimum atomic E-state index is -2.13. The van der Waals surface area contributed by atoms with Gasteiger partial charge in [-0.2, -0.15) is 0 Å². The lowest BCUT2D eigenvalue weighted by atomic mass is 9.66. The van der Waals surface area contributed by atoms with Gasteiger partial charge in [0.25, 0.3) is 0 Å². The SMILES string of the molecule is CC1C=CC2=CC(O[Si](C)(C)C(C)(C)C)CC(OC(=O)C(C)(C)Oc3ccc(C(C)(C)C)cc3)C2C1CC[C@@H]1C[C@@H](O[Si](C)(C)C(C)(C)C)CC(=O)O1. The van der Waals surface area contributed by atoms with Gasteiger partial charge < -0.3 is 23.1 Å². The molecule has 1 aliphatic heterocycles. The first-order valence-electron chi connectivity index (χ1n) is 20.1. The zero-order valence-electron chi connectivity index (χ0n) is 36.0. The van der Waals surface area contributed by atoms with Gasteiger partial charge in [0, 0.05) is 18.8 Å². The molecule has 0 bridgehead atoms. The second-order valence-corrected chi connectivity index (χ2v) is 30.2. The number of fused-ring (bicyclic) bond motifs is 1. The van der Waals surface area contributed by atoms with E-state index in [2.05, 4.69) is 126 Å². The maximum atomic E-state index is 14.2. The summed E-state index contributed by atoms with van der Waals surface area (Å²) in [6.07, 6.45) is 9.08. The second kappa shape index (κ2) is 15.7. The van der Waals surface area contributed by atoms with Crippen molar-refractivity contribution >= 4 is 28.6 Å². The summed E-state index contributed by atoms with van der Waals surface area (Å²) >= 11 is 0. The molecular formula is C44H72O7Si2. The first-order valence-corrected chi connectivity index (χ1v) is 25.9. The Morgan fingerprint density at radius 2 is 1.42 bits per heavy atom. The number of ether oxygens (including phenoxy) is 3. The van der Waals surface area contributed by atoms with Gasteiger partial charge in [-0.1, -0.05) is 99.6 Å². The van der Waals surface area contributed by atoms with Gasteiger partial charge in [0.1, 0.15) is 18.0 Å². The molecule has 1 aromatic carbocycles. The van der Waals surface area contributed by atoms with Crippen LogP contribution in [0.1, 0.15) is 121 Å². The minimum Gasteiger partial charge on any atom is -0.476 e. The van der Waals surface area contributed by atoms with Crippen LogP contribution in [-0.2, 0) is 33.3 Å². The van der Waals surface area contributed by atoms with Gasteiger partial charge >= 0.3 is 11.9 Å². The molecule has 7 nitrogen and oxygen atoms in total. The number of rotatable bonds is 11. The Balaban J connectivity index is 1.57. The molecule has 4 rings (SSSR count). The van der Waals surface area contributed by atoms with Crippen LogP contribution in [0.25, 0.3) is 0 Å². The zero-order chi connectivity index (χ0) is 39.9. The summed E-state index contributed by atoms with van der Waals surface area (Å²) in [5.74, 6) is 0.495. The number of esters is 2. The Hall–Kier alpha value is -2.21. The molecule has 0 amide bonds. The molecule has 0 saturated carbocycles. The van der Waals surface area contributed by atoms with E-state index >= 15 is 0 Å². The molecular weight excluding hydrogens is 697 g/mol. The van der Waals surface area contributed by atoms with Crippen LogP contribution in [0.4, 0.5) is 0 Å². The molecule has 1 aromatic rings. The third-order valence-corrected chi connectivity index (χ3v) is 21.8. The van der Waals surface area contributed by atoms with Gasteiger partial charge in [0.15, 0.2) is 22.2 Å². The monoisotopic (exact) mass is 768 g/mol. The van der Waals surface area contributed by atoms with E-state index in [1.54, 1.807) is 13.8 Å². The summed E-state index contributed by atoms with van der Waals surface area (Å²) in [5, 5.41) is 0.0997. The Labute approximate surface area is 324 Å². The number of hydrogen-bond acceptors (Lipinski definition) is 7. The highest BCUT2D eigenvalue weighted by atomic mass is 28.4. The van der Waals surface area contributed by atoms with Gasteiger partial charge in [0.2, 0.25) is 0 Å². The van der Waals surface area contributed by atoms with Crippen LogP contribution in [0.5, 0.6) is 5.75 Å². The maximum absolute atomic E-state index is 14.2. The molecule has 298 valence electrons. The highest BCUT2D eigenvalue weighted by Gasteiger charge is 2.48. The quantitative estimate of drug-likeness (QED) is 0.164. The molecule has 0 radical (unpaired) electrons. The van der Waals surface area contributed by atoms with E-state index in [1.165, 1.54) is 5.56 Å². The highest BCUT2D eigenvalue weighted by molar-refractivity contribution is 6.74. The first kappa shape index (κ1) is 43.5. The van der Waals surface area contributed by atoms with Crippen molar-refractivity contribution in [2.45, 2.75) is 187 Å². The summed E-state index contributed by atoms with van der Waals surface area (Å²) in [6.45, 7) is 34.8. The average molecular weight is 769 g/mol. The predicted molar refractivity (Wildman–Crippen MR) is 220 cm³/mol. The van der Waals surface area contributed by atoms with Crippen molar-refractivity contribution in [2.75, 3.05) is 0 Å². The first-order chi connectivity index (χ1) is 24.1. The smallest absolute Gasteiger partial charge is 0.350 e. The van der Waals surface area contributed by atoms with E-state index in [4.69, 9.17) is 23.1 Å². The van der Waals surface area contributed by atoms with Crippen LogP contribution in [0.15, 0.2) is 48.1 Å². The second-order valence-electron chi connectivity index (χ2n) is 20.7. The van der Waals surface area contributed by atoms with Gasteiger partial charge in [-0.15, -0.1) is 0 Å². The third-order valence-electron chi connectivity index (χ3n) is 12.8. The number of carbonyl (C=O) groups is 2. The topological polar surface area (TPSA) is 80.3 Å². The van der Waals surface area contributed by atoms with Crippen LogP contribution < -0.4 is 4.74 Å². The van der Waals surface area contributed by atoms with E-state index in [9.17, 15) is 9.59 Å². The summed E-state index contributed by atoms with van der Waals surface area (Å²) in [7, 11) is -4.17. The predicted octanol–water partition coefficient (Wildman–Crippen LogP) is 11.1. The van der Waals surface area contributed by atoms with E-state index in [0.29, 0.717) is 25.0 Å². The van der Waals surface area contributed by atoms with Crippen molar-refractivity contribution in [3.8, 4) is 5.75 Å². The number of cyclic esters (lactones) is 1. The van der Waals surface area contributed by atoms with Crippen molar-refractivity contribution < 1.29 is 32.7 Å². The van der Waals surface area contributed by atoms with Crippen molar-refractivity contribution in [3.05, 3.63) is 53.6 Å². The number of hydrogen-bond donors (Lipinski definition) is 0. The molecule has 0 aromatic heterocycles. The number of allylic oxidation sites excluding steroid dienone is 2. The standard InChI is InChI=1S/C44H72O7Si2/c1-29-17-18-30-25-34(50-52(13,14)42(5,6)7)27-37(48-40(46)44(11,12)49-32-21-19-31(20-22-32)41(2,3)4)39(30)36(29)24-23-33-26-35(28-38(45)47-33)51-53(15,16)43(8,9)10/h17-22,25,29,33-37,39H,23-24,26-28H2,1-16H3/t29?,33-,34?,35-,36?,37?,39?/m1/s1. The van der Waals surface area contributed by atoms with Gasteiger partial charge in [-0.25, -0.2) is 4.79 Å². The lowest BCUT2D eigenvalue weighted by Gasteiger charge is -2.46. The van der Waals surface area contributed by atoms with Crippen LogP contribution in [0, 0.1) is 17.8 Å². The summed E-state index contributed by atoms with van der Waals surface area (Å²) in [6, 6.07) is 7.99. The Morgan fingerprint density at radius 3 is 1.98 bits per heavy atom. The molecule has 5 unspecified atom stereocenters. The molecule has 0 N–H and O–H groups in total. The lowest BCUT2D eigenvalue weighted by molar-refractivity contribution is -0.171. The molecule has 1 heterocycles. The van der Waals surface area contributed by atoms with Gasteiger partial charge in [-0.3, -0.25) is 4.79 Å². The zero-order valence-corrected chi connectivity index (χ0v) is 38.0. The molecule has 53 heavy (non-hydrogen) atoms. The van der Waals surface area contributed by atoms with Crippen LogP contribution in [-0.4, -0.2) is 58.6 Å². The maximum Gasteiger partial charge on any atom is 0.350 e. The van der Waals surface area contributed by atoms with Crippen molar-refractivity contribution in [3.63, 3.8) is 0 Å². The average Bonchev–Trinajstić information content (AvgIpc) is 2.98. The molecule has 3 aliphatic rings. The molecule has 9 heteroatoms. The summed E-state index contributed by atoms with van der Waals surface area (Å²) in [4.78, 5) is 27.0. The van der Waals surface area contributed by atoms with E-state index in [-0.39, 0.29) is 63.5 Å². The lowest BCUT2D eigenvalue weighted by Crippen LogP contribution is -2.50.